The molecule has 0 radical (unpaired) electrons. The Labute approximate surface area is 122 Å². The quantitative estimate of drug-likeness (QED) is 0.667. The predicted molar refractivity (Wildman–Crippen MR) is 74.9 cm³/mol. The van der Waals surface area contributed by atoms with Crippen LogP contribution in [0.25, 0.3) is 0 Å². The third kappa shape index (κ3) is 3.21. The van der Waals surface area contributed by atoms with Crippen molar-refractivity contribution in [3.63, 3.8) is 0 Å². The number of nitro groups is 1. The van der Waals surface area contributed by atoms with Crippen molar-refractivity contribution in [2.75, 3.05) is 6.54 Å². The zero-order valence-corrected chi connectivity index (χ0v) is 12.7. The number of halogens is 1. The lowest BCUT2D eigenvalue weighted by molar-refractivity contribution is -0.387. The number of nitrogens with zero attached hydrogens (tertiary/aromatic N) is 1. The maximum absolute atomic E-state index is 13.6. The van der Waals surface area contributed by atoms with Gasteiger partial charge < -0.3 is 0 Å². The zero-order valence-electron chi connectivity index (χ0n) is 11.8. The Kier molecular flexibility index (Phi) is 4.03. The Balaban J connectivity index is 2.29. The minimum atomic E-state index is -3.89. The van der Waals surface area contributed by atoms with Crippen LogP contribution >= 0.6 is 0 Å². The molecule has 6 nitrogen and oxygen atoms in total. The lowest BCUT2D eigenvalue weighted by Crippen LogP contribution is -2.39. The summed E-state index contributed by atoms with van der Waals surface area (Å²) in [6.45, 7) is 3.56. The zero-order chi connectivity index (χ0) is 15.8. The Morgan fingerprint density at radius 3 is 2.52 bits per heavy atom. The van der Waals surface area contributed by atoms with Gasteiger partial charge in [0.15, 0.2) is 0 Å². The molecule has 1 fully saturated rings. The van der Waals surface area contributed by atoms with Crippen LogP contribution in [-0.4, -0.2) is 19.9 Å². The van der Waals surface area contributed by atoms with Crippen molar-refractivity contribution in [1.82, 2.24) is 4.72 Å². The Hall–Kier alpha value is -1.54. The summed E-state index contributed by atoms with van der Waals surface area (Å²) in [7, 11) is -3.89. The van der Waals surface area contributed by atoms with Gasteiger partial charge in [0.2, 0.25) is 15.8 Å². The largest absolute Gasteiger partial charge is 0.306 e. The van der Waals surface area contributed by atoms with Crippen molar-refractivity contribution in [2.45, 2.75) is 38.0 Å². The van der Waals surface area contributed by atoms with E-state index in [1.807, 2.05) is 6.92 Å². The van der Waals surface area contributed by atoms with Crippen molar-refractivity contribution in [2.24, 2.45) is 5.41 Å². The van der Waals surface area contributed by atoms with E-state index in [1.54, 1.807) is 0 Å². The number of rotatable bonds is 5. The van der Waals surface area contributed by atoms with Crippen molar-refractivity contribution in [1.29, 1.82) is 0 Å². The maximum Gasteiger partial charge on any atom is 0.306 e. The summed E-state index contributed by atoms with van der Waals surface area (Å²) in [6.07, 6.45) is 2.95. The molecule has 2 rings (SSSR count). The molecule has 0 aliphatic heterocycles. The molecule has 0 atom stereocenters. The number of nitro benzene ring substituents is 1. The van der Waals surface area contributed by atoms with Gasteiger partial charge in [0.1, 0.15) is 0 Å². The van der Waals surface area contributed by atoms with Crippen LogP contribution in [0, 0.1) is 28.3 Å². The molecule has 1 aromatic rings. The molecule has 1 N–H and O–H groups in total. The first-order valence-corrected chi connectivity index (χ1v) is 8.07. The van der Waals surface area contributed by atoms with Crippen molar-refractivity contribution >= 4 is 15.7 Å². The van der Waals surface area contributed by atoms with E-state index in [4.69, 9.17) is 0 Å². The van der Waals surface area contributed by atoms with Gasteiger partial charge in [-0.1, -0.05) is 13.3 Å². The molecule has 1 aliphatic carbocycles. The van der Waals surface area contributed by atoms with Gasteiger partial charge in [0.05, 0.1) is 9.82 Å². The number of nitrogens with one attached hydrogen (secondary N) is 1. The van der Waals surface area contributed by atoms with E-state index in [0.29, 0.717) is 0 Å². The van der Waals surface area contributed by atoms with Crippen LogP contribution in [0.3, 0.4) is 0 Å². The number of benzene rings is 1. The Morgan fingerprint density at radius 1 is 1.43 bits per heavy atom. The van der Waals surface area contributed by atoms with Crippen LogP contribution in [0.2, 0.25) is 0 Å². The summed E-state index contributed by atoms with van der Waals surface area (Å²) in [5.74, 6) is -1.01. The fourth-order valence-corrected chi connectivity index (χ4v) is 3.62. The van der Waals surface area contributed by atoms with E-state index in [1.165, 1.54) is 6.92 Å². The van der Waals surface area contributed by atoms with Crippen LogP contribution in [0.5, 0.6) is 0 Å². The van der Waals surface area contributed by atoms with Gasteiger partial charge in [0.25, 0.3) is 0 Å². The predicted octanol–water partition coefficient (Wildman–Crippen LogP) is 2.51. The first-order chi connectivity index (χ1) is 9.65. The lowest BCUT2D eigenvalue weighted by Gasteiger charge is -2.38. The van der Waals surface area contributed by atoms with Gasteiger partial charge in [-0.2, -0.15) is 4.39 Å². The van der Waals surface area contributed by atoms with Gasteiger partial charge >= 0.3 is 5.69 Å². The first kappa shape index (κ1) is 15.8. The summed E-state index contributed by atoms with van der Waals surface area (Å²) in [5, 5.41) is 10.8. The van der Waals surface area contributed by atoms with Crippen molar-refractivity contribution in [3.05, 3.63) is 33.6 Å². The highest BCUT2D eigenvalue weighted by Gasteiger charge is 2.33. The molecule has 1 aliphatic rings. The van der Waals surface area contributed by atoms with Crippen LogP contribution in [0.1, 0.15) is 31.7 Å². The molecular weight excluding hydrogens is 299 g/mol. The van der Waals surface area contributed by atoms with Crippen LogP contribution < -0.4 is 4.72 Å². The highest BCUT2D eigenvalue weighted by molar-refractivity contribution is 7.89. The van der Waals surface area contributed by atoms with E-state index < -0.39 is 26.5 Å². The number of aryl methyl sites for hydroxylation is 1. The SMILES string of the molecule is Cc1cc(S(=O)(=O)NCC2(C)CCC2)cc([N+](=O)[O-])c1F. The minimum absolute atomic E-state index is 0.0614. The normalized spacial score (nSPS) is 17.3. The highest BCUT2D eigenvalue weighted by Crippen LogP contribution is 2.39. The first-order valence-electron chi connectivity index (χ1n) is 6.59. The molecule has 0 heterocycles. The fraction of sp³-hybridized carbons (Fsp3) is 0.538. The van der Waals surface area contributed by atoms with Crippen molar-refractivity contribution in [3.8, 4) is 0 Å². The third-order valence-corrected chi connectivity index (χ3v) is 5.35. The second-order valence-electron chi connectivity index (χ2n) is 5.82. The molecule has 8 heteroatoms. The maximum atomic E-state index is 13.6. The summed E-state index contributed by atoms with van der Waals surface area (Å²) < 4.78 is 40.5. The average Bonchev–Trinajstić information content (AvgIpc) is 2.36. The lowest BCUT2D eigenvalue weighted by atomic mass is 9.71. The molecule has 1 aromatic carbocycles. The second-order valence-corrected chi connectivity index (χ2v) is 7.59. The smallest absolute Gasteiger partial charge is 0.258 e. The molecule has 1 saturated carbocycles. The average molecular weight is 316 g/mol. The second kappa shape index (κ2) is 5.34. The molecule has 0 saturated heterocycles. The minimum Gasteiger partial charge on any atom is -0.258 e. The molecule has 0 unspecified atom stereocenters. The summed E-state index contributed by atoms with van der Waals surface area (Å²) in [5.41, 5.74) is -0.960. The molecule has 0 aromatic heterocycles. The summed E-state index contributed by atoms with van der Waals surface area (Å²) in [6, 6.07) is 1.86. The molecular formula is C13H17FN2O4S. The van der Waals surface area contributed by atoms with E-state index in [9.17, 15) is 22.9 Å². The number of hydrogen-bond acceptors (Lipinski definition) is 4. The Morgan fingerprint density at radius 2 is 2.05 bits per heavy atom. The highest BCUT2D eigenvalue weighted by atomic mass is 32.2. The van der Waals surface area contributed by atoms with Crippen molar-refractivity contribution < 1.29 is 17.7 Å². The van der Waals surface area contributed by atoms with Gasteiger partial charge in [0, 0.05) is 12.6 Å². The third-order valence-electron chi connectivity index (χ3n) is 3.97. The molecule has 0 spiro atoms. The Bertz CT molecular complexity index is 684. The summed E-state index contributed by atoms with van der Waals surface area (Å²) >= 11 is 0. The standard InChI is InChI=1S/C13H17FN2O4S/c1-9-6-10(7-11(12(9)14)16(17)18)21(19,20)15-8-13(2)4-3-5-13/h6-7,15H,3-5,8H2,1-2H3. The number of hydrogen-bond donors (Lipinski definition) is 1. The van der Waals surface area contributed by atoms with Gasteiger partial charge in [-0.15, -0.1) is 0 Å². The van der Waals surface area contributed by atoms with E-state index in [-0.39, 0.29) is 22.4 Å². The van der Waals surface area contributed by atoms with E-state index >= 15 is 0 Å². The topological polar surface area (TPSA) is 89.3 Å². The van der Waals surface area contributed by atoms with E-state index in [2.05, 4.69) is 4.72 Å². The van der Waals surface area contributed by atoms with E-state index in [0.717, 1.165) is 31.4 Å². The van der Waals surface area contributed by atoms with Gasteiger partial charge in [-0.25, -0.2) is 13.1 Å². The monoisotopic (exact) mass is 316 g/mol. The van der Waals surface area contributed by atoms with Crippen LogP contribution in [-0.2, 0) is 10.0 Å². The number of sulfonamides is 1. The molecule has 21 heavy (non-hydrogen) atoms. The fourth-order valence-electron chi connectivity index (χ4n) is 2.32. The summed E-state index contributed by atoms with van der Waals surface area (Å²) in [4.78, 5) is 9.57. The van der Waals surface area contributed by atoms with Gasteiger partial charge in [-0.05, 0) is 36.8 Å². The molecule has 116 valence electrons. The van der Waals surface area contributed by atoms with Gasteiger partial charge in [-0.3, -0.25) is 10.1 Å². The van der Waals surface area contributed by atoms with Crippen LogP contribution in [0.4, 0.5) is 10.1 Å². The molecule has 0 bridgehead atoms. The van der Waals surface area contributed by atoms with Crippen LogP contribution in [0.15, 0.2) is 17.0 Å². The molecule has 0 amide bonds.